The summed E-state index contributed by atoms with van der Waals surface area (Å²) in [6.07, 6.45) is 3.29. The van der Waals surface area contributed by atoms with Gasteiger partial charge in [-0.05, 0) is 55.5 Å². The Morgan fingerprint density at radius 3 is 2.30 bits per heavy atom. The zero-order valence-electron chi connectivity index (χ0n) is 18.6. The fourth-order valence-corrected chi connectivity index (χ4v) is 5.81. The molecule has 2 heterocycles. The predicted molar refractivity (Wildman–Crippen MR) is 126 cm³/mol. The highest BCUT2D eigenvalue weighted by molar-refractivity contribution is 7.89. The predicted octanol–water partition coefficient (Wildman–Crippen LogP) is 3.03. The number of rotatable bonds is 6. The van der Waals surface area contributed by atoms with E-state index in [4.69, 9.17) is 0 Å². The highest BCUT2D eigenvalue weighted by atomic mass is 32.2. The van der Waals surface area contributed by atoms with Crippen molar-refractivity contribution in [1.82, 2.24) is 14.5 Å². The Morgan fingerprint density at radius 2 is 1.61 bits per heavy atom. The van der Waals surface area contributed by atoms with Crippen LogP contribution < -0.4 is 10.6 Å². The molecule has 0 radical (unpaired) electrons. The molecule has 2 aromatic rings. The average Bonchev–Trinajstić information content (AvgIpc) is 3.40. The summed E-state index contributed by atoms with van der Waals surface area (Å²) < 4.78 is 26.8. The van der Waals surface area contributed by atoms with E-state index in [9.17, 15) is 18.0 Å². The van der Waals surface area contributed by atoms with Gasteiger partial charge in [0, 0.05) is 38.4 Å². The molecule has 0 aromatic heterocycles. The van der Waals surface area contributed by atoms with Crippen molar-refractivity contribution in [3.63, 3.8) is 0 Å². The number of anilines is 1. The lowest BCUT2D eigenvalue weighted by Gasteiger charge is -2.32. The van der Waals surface area contributed by atoms with Gasteiger partial charge in [0.2, 0.25) is 15.9 Å². The molecule has 0 spiro atoms. The Labute approximate surface area is 195 Å². The summed E-state index contributed by atoms with van der Waals surface area (Å²) in [6.45, 7) is 2.45. The molecule has 0 bridgehead atoms. The third kappa shape index (κ3) is 5.72. The maximum atomic E-state index is 12.7. The number of sulfonamides is 1. The van der Waals surface area contributed by atoms with Crippen molar-refractivity contribution < 1.29 is 18.0 Å². The molecular weight excluding hydrogens is 440 g/mol. The summed E-state index contributed by atoms with van der Waals surface area (Å²) in [4.78, 5) is 27.2. The van der Waals surface area contributed by atoms with Gasteiger partial charge >= 0.3 is 6.03 Å². The monoisotopic (exact) mass is 470 g/mol. The van der Waals surface area contributed by atoms with E-state index >= 15 is 0 Å². The van der Waals surface area contributed by atoms with E-state index in [1.54, 1.807) is 29.2 Å². The van der Waals surface area contributed by atoms with E-state index in [0.29, 0.717) is 32.7 Å². The number of carbonyl (C=O) groups is 2. The van der Waals surface area contributed by atoms with Crippen LogP contribution in [-0.4, -0.2) is 55.7 Å². The molecule has 1 unspecified atom stereocenters. The van der Waals surface area contributed by atoms with Crippen LogP contribution in [0.3, 0.4) is 0 Å². The zero-order valence-corrected chi connectivity index (χ0v) is 19.4. The maximum absolute atomic E-state index is 12.7. The molecule has 0 aliphatic carbocycles. The van der Waals surface area contributed by atoms with Gasteiger partial charge in [0.05, 0.1) is 10.8 Å². The first-order valence-corrected chi connectivity index (χ1v) is 12.9. The normalized spacial score (nSPS) is 19.3. The molecule has 3 amide bonds. The van der Waals surface area contributed by atoms with E-state index in [2.05, 4.69) is 10.6 Å². The van der Waals surface area contributed by atoms with Gasteiger partial charge < -0.3 is 15.5 Å². The average molecular weight is 471 g/mol. The molecule has 2 fully saturated rings. The number of piperidine rings is 1. The number of urea groups is 1. The number of carbonyl (C=O) groups excluding carboxylic acids is 2. The van der Waals surface area contributed by atoms with Crippen molar-refractivity contribution >= 4 is 27.6 Å². The highest BCUT2D eigenvalue weighted by Gasteiger charge is 2.29. The van der Waals surface area contributed by atoms with Crippen molar-refractivity contribution in [2.75, 3.05) is 31.5 Å². The first kappa shape index (κ1) is 23.3. The summed E-state index contributed by atoms with van der Waals surface area (Å²) in [6, 6.07) is 15.7. The van der Waals surface area contributed by atoms with Crippen LogP contribution in [-0.2, 0) is 21.4 Å². The molecule has 176 valence electrons. The molecule has 33 heavy (non-hydrogen) atoms. The molecule has 2 N–H and O–H groups in total. The van der Waals surface area contributed by atoms with Gasteiger partial charge in [-0.25, -0.2) is 13.2 Å². The maximum Gasteiger partial charge on any atom is 0.321 e. The number of nitrogens with one attached hydrogen (secondary N) is 2. The standard InChI is InChI=1S/C24H30N4O4S/c29-23(20-7-6-14-27(18-20)24(30)26-21-8-2-1-3-9-21)25-17-19-10-12-22(13-11-19)33(31,32)28-15-4-5-16-28/h1-3,8-13,20H,4-7,14-18H2,(H,25,29)(H,26,30). The Morgan fingerprint density at radius 1 is 0.909 bits per heavy atom. The van der Waals surface area contributed by atoms with Crippen LogP contribution >= 0.6 is 0 Å². The topological polar surface area (TPSA) is 98.8 Å². The molecule has 8 nitrogen and oxygen atoms in total. The van der Waals surface area contributed by atoms with E-state index in [-0.39, 0.29) is 22.8 Å². The highest BCUT2D eigenvalue weighted by Crippen LogP contribution is 2.22. The third-order valence-electron chi connectivity index (χ3n) is 6.20. The first-order chi connectivity index (χ1) is 15.9. The molecule has 0 saturated carbocycles. The number of hydrogen-bond donors (Lipinski definition) is 2. The molecule has 2 aromatic carbocycles. The Kier molecular flexibility index (Phi) is 7.29. The molecule has 2 aliphatic rings. The number of benzene rings is 2. The third-order valence-corrected chi connectivity index (χ3v) is 8.11. The summed E-state index contributed by atoms with van der Waals surface area (Å²) in [5.74, 6) is -0.365. The number of likely N-dealkylation sites (tertiary alicyclic amines) is 1. The minimum absolute atomic E-state index is 0.0963. The van der Waals surface area contributed by atoms with Crippen molar-refractivity contribution in [3.8, 4) is 0 Å². The largest absolute Gasteiger partial charge is 0.352 e. The van der Waals surface area contributed by atoms with Gasteiger partial charge in [-0.1, -0.05) is 30.3 Å². The minimum Gasteiger partial charge on any atom is -0.352 e. The number of amides is 3. The van der Waals surface area contributed by atoms with Gasteiger partial charge in [0.15, 0.2) is 0 Å². The zero-order chi connectivity index (χ0) is 23.3. The SMILES string of the molecule is O=C(NCc1ccc(S(=O)(=O)N2CCCC2)cc1)C1CCCN(C(=O)Nc2ccccc2)C1. The van der Waals surface area contributed by atoms with Crippen LogP contribution in [0, 0.1) is 5.92 Å². The first-order valence-electron chi connectivity index (χ1n) is 11.4. The van der Waals surface area contributed by atoms with Crippen LogP contribution in [0.4, 0.5) is 10.5 Å². The molecular formula is C24H30N4O4S. The second kappa shape index (κ2) is 10.4. The number of para-hydroxylation sites is 1. The van der Waals surface area contributed by atoms with E-state index in [1.807, 2.05) is 30.3 Å². The van der Waals surface area contributed by atoms with Gasteiger partial charge in [-0.2, -0.15) is 4.31 Å². The van der Waals surface area contributed by atoms with Crippen LogP contribution in [0.5, 0.6) is 0 Å². The summed E-state index contributed by atoms with van der Waals surface area (Å²) in [5, 5.41) is 5.80. The van der Waals surface area contributed by atoms with Crippen molar-refractivity contribution in [1.29, 1.82) is 0 Å². The van der Waals surface area contributed by atoms with Crippen LogP contribution in [0.1, 0.15) is 31.2 Å². The second-order valence-electron chi connectivity index (χ2n) is 8.55. The molecule has 2 aliphatic heterocycles. The van der Waals surface area contributed by atoms with Crippen LogP contribution in [0.2, 0.25) is 0 Å². The molecule has 9 heteroatoms. The lowest BCUT2D eigenvalue weighted by molar-refractivity contribution is -0.126. The number of nitrogens with zero attached hydrogens (tertiary/aromatic N) is 2. The van der Waals surface area contributed by atoms with Gasteiger partial charge in [-0.15, -0.1) is 0 Å². The second-order valence-corrected chi connectivity index (χ2v) is 10.5. The molecule has 1 atom stereocenters. The van der Waals surface area contributed by atoms with E-state index < -0.39 is 10.0 Å². The fraction of sp³-hybridized carbons (Fsp3) is 0.417. The minimum atomic E-state index is -3.44. The molecule has 2 saturated heterocycles. The Bertz CT molecular complexity index is 1070. The fourth-order valence-electron chi connectivity index (χ4n) is 4.29. The molecule has 4 rings (SSSR count). The van der Waals surface area contributed by atoms with Gasteiger partial charge in [0.1, 0.15) is 0 Å². The van der Waals surface area contributed by atoms with Gasteiger partial charge in [-0.3, -0.25) is 4.79 Å². The van der Waals surface area contributed by atoms with Crippen molar-refractivity contribution in [2.45, 2.75) is 37.1 Å². The van der Waals surface area contributed by atoms with Crippen LogP contribution in [0.25, 0.3) is 0 Å². The van der Waals surface area contributed by atoms with Crippen LogP contribution in [0.15, 0.2) is 59.5 Å². The quantitative estimate of drug-likeness (QED) is 0.678. The summed E-state index contributed by atoms with van der Waals surface area (Å²) >= 11 is 0. The van der Waals surface area contributed by atoms with E-state index in [0.717, 1.165) is 36.9 Å². The van der Waals surface area contributed by atoms with E-state index in [1.165, 1.54) is 4.31 Å². The lowest BCUT2D eigenvalue weighted by atomic mass is 9.97. The lowest BCUT2D eigenvalue weighted by Crippen LogP contribution is -2.46. The Hall–Kier alpha value is -2.91. The van der Waals surface area contributed by atoms with Crippen molar-refractivity contribution in [3.05, 3.63) is 60.2 Å². The smallest absolute Gasteiger partial charge is 0.321 e. The number of hydrogen-bond acceptors (Lipinski definition) is 4. The Balaban J connectivity index is 1.29. The van der Waals surface area contributed by atoms with Crippen molar-refractivity contribution in [2.24, 2.45) is 5.92 Å². The van der Waals surface area contributed by atoms with Gasteiger partial charge in [0.25, 0.3) is 0 Å². The summed E-state index contributed by atoms with van der Waals surface area (Å²) in [5.41, 5.74) is 1.56. The summed E-state index contributed by atoms with van der Waals surface area (Å²) in [7, 11) is -3.44.